The molecule has 0 atom stereocenters. The van der Waals surface area contributed by atoms with E-state index in [1.165, 1.54) is 16.5 Å². The smallest absolute Gasteiger partial charge is 0.269 e. The van der Waals surface area contributed by atoms with Gasteiger partial charge in [-0.05, 0) is 48.9 Å². The van der Waals surface area contributed by atoms with Crippen molar-refractivity contribution in [1.82, 2.24) is 4.41 Å². The van der Waals surface area contributed by atoms with Crippen LogP contribution in [0.4, 0.5) is 17.1 Å². The molecule has 0 aliphatic carbocycles. The summed E-state index contributed by atoms with van der Waals surface area (Å²) in [6.07, 6.45) is 0. The molecule has 0 aromatic heterocycles. The summed E-state index contributed by atoms with van der Waals surface area (Å²) >= 11 is 0. The zero-order valence-electron chi connectivity index (χ0n) is 18.1. The van der Waals surface area contributed by atoms with Crippen molar-refractivity contribution in [3.05, 3.63) is 87.5 Å². The number of nitro benzene ring substituents is 1. The molecule has 9 nitrogen and oxygen atoms in total. The summed E-state index contributed by atoms with van der Waals surface area (Å²) in [6, 6.07) is 16.9. The van der Waals surface area contributed by atoms with Crippen LogP contribution in [0.2, 0.25) is 0 Å². The number of non-ortho nitro benzene ring substituents is 1. The van der Waals surface area contributed by atoms with Gasteiger partial charge >= 0.3 is 0 Å². The van der Waals surface area contributed by atoms with Gasteiger partial charge in [0.05, 0.1) is 29.2 Å². The highest BCUT2D eigenvalue weighted by atomic mass is 32.2. The van der Waals surface area contributed by atoms with E-state index in [4.69, 9.17) is 4.74 Å². The van der Waals surface area contributed by atoms with Gasteiger partial charge in [0.2, 0.25) is 0 Å². The number of hydrogen-bond acceptors (Lipinski definition) is 7. The number of ether oxygens (including phenoxy) is 1. The first kappa shape index (κ1) is 21.2. The molecule has 170 valence electrons. The van der Waals surface area contributed by atoms with Crippen LogP contribution in [0.5, 0.6) is 5.75 Å². The van der Waals surface area contributed by atoms with Crippen molar-refractivity contribution in [3.63, 3.8) is 0 Å². The van der Waals surface area contributed by atoms with Crippen LogP contribution >= 0.6 is 0 Å². The van der Waals surface area contributed by atoms with Crippen LogP contribution < -0.4 is 14.6 Å². The highest BCUT2D eigenvalue weighted by Gasteiger charge is 2.39. The lowest BCUT2D eigenvalue weighted by atomic mass is 10.1. The Hall–Kier alpha value is -3.63. The maximum atomic E-state index is 13.8. The zero-order valence-corrected chi connectivity index (χ0v) is 18.9. The Kier molecular flexibility index (Phi) is 4.98. The van der Waals surface area contributed by atoms with Gasteiger partial charge in [0.25, 0.3) is 15.7 Å². The molecule has 0 amide bonds. The second-order valence-corrected chi connectivity index (χ2v) is 9.95. The number of hydrogen-bond donors (Lipinski definition) is 0. The molecule has 10 heteroatoms. The number of benzene rings is 3. The quantitative estimate of drug-likeness (QED) is 0.426. The third-order valence-electron chi connectivity index (χ3n) is 6.02. The minimum atomic E-state index is -3.91. The molecular formula is C23H22N4O5S. The first-order chi connectivity index (χ1) is 15.8. The lowest BCUT2D eigenvalue weighted by Crippen LogP contribution is -2.48. The molecule has 0 fully saturated rings. The van der Waals surface area contributed by atoms with Crippen LogP contribution in [0.15, 0.2) is 65.6 Å². The summed E-state index contributed by atoms with van der Waals surface area (Å²) < 4.78 is 34.3. The fraction of sp³-hybridized carbons (Fsp3) is 0.217. The molecule has 2 aliphatic heterocycles. The Balaban J connectivity index is 1.69. The highest BCUT2D eigenvalue weighted by molar-refractivity contribution is 7.89. The summed E-state index contributed by atoms with van der Waals surface area (Å²) in [7, 11) is -2.32. The van der Waals surface area contributed by atoms with Gasteiger partial charge in [0.1, 0.15) is 12.4 Å². The van der Waals surface area contributed by atoms with Crippen LogP contribution in [-0.4, -0.2) is 31.5 Å². The second kappa shape index (κ2) is 7.75. The molecule has 0 spiro atoms. The van der Waals surface area contributed by atoms with Gasteiger partial charge < -0.3 is 9.64 Å². The van der Waals surface area contributed by atoms with E-state index >= 15 is 0 Å². The van der Waals surface area contributed by atoms with E-state index in [1.807, 2.05) is 24.0 Å². The predicted octanol–water partition coefficient (Wildman–Crippen LogP) is 3.82. The Bertz CT molecular complexity index is 1360. The molecule has 3 aromatic rings. The van der Waals surface area contributed by atoms with Gasteiger partial charge in [-0.25, -0.2) is 8.42 Å². The lowest BCUT2D eigenvalue weighted by molar-refractivity contribution is -0.384. The van der Waals surface area contributed by atoms with Crippen LogP contribution in [0.3, 0.4) is 0 Å². The van der Waals surface area contributed by atoms with Gasteiger partial charge in [0.15, 0.2) is 0 Å². The van der Waals surface area contributed by atoms with Crippen LogP contribution in [0, 0.1) is 17.0 Å². The zero-order chi connectivity index (χ0) is 23.3. The molecule has 2 heterocycles. The van der Waals surface area contributed by atoms with E-state index in [0.29, 0.717) is 23.5 Å². The van der Waals surface area contributed by atoms with Crippen molar-refractivity contribution >= 4 is 27.1 Å². The molecule has 0 N–H and O–H groups in total. The minimum absolute atomic E-state index is 0.0287. The first-order valence-corrected chi connectivity index (χ1v) is 11.8. The Morgan fingerprint density at radius 3 is 2.33 bits per heavy atom. The van der Waals surface area contributed by atoms with E-state index in [1.54, 1.807) is 48.5 Å². The first-order valence-electron chi connectivity index (χ1n) is 10.3. The second-order valence-electron chi connectivity index (χ2n) is 8.10. The molecule has 3 aromatic carbocycles. The molecule has 33 heavy (non-hydrogen) atoms. The fourth-order valence-corrected chi connectivity index (χ4v) is 5.73. The van der Waals surface area contributed by atoms with Crippen molar-refractivity contribution in [1.29, 1.82) is 0 Å². The number of fused-ring (bicyclic) bond motifs is 7. The van der Waals surface area contributed by atoms with Gasteiger partial charge in [-0.3, -0.25) is 15.1 Å². The Morgan fingerprint density at radius 1 is 0.939 bits per heavy atom. The number of methoxy groups -OCH3 is 1. The number of hydrazine groups is 1. The van der Waals surface area contributed by atoms with Gasteiger partial charge in [0, 0.05) is 29.9 Å². The van der Waals surface area contributed by atoms with E-state index in [0.717, 1.165) is 16.8 Å². The van der Waals surface area contributed by atoms with E-state index in [9.17, 15) is 18.5 Å². The summed E-state index contributed by atoms with van der Waals surface area (Å²) in [4.78, 5) is 13.1. The lowest BCUT2D eigenvalue weighted by Gasteiger charge is -2.33. The van der Waals surface area contributed by atoms with Crippen molar-refractivity contribution in [2.45, 2.75) is 24.9 Å². The van der Waals surface area contributed by atoms with E-state index in [-0.39, 0.29) is 23.8 Å². The molecule has 2 bridgehead atoms. The Labute approximate surface area is 191 Å². The fourth-order valence-electron chi connectivity index (χ4n) is 4.31. The molecule has 0 unspecified atom stereocenters. The molecule has 2 aliphatic rings. The SMILES string of the molecule is COc1ccc2c(c1)CN1CN(S(=O)(=O)c3ccc(C)cc3)N2Cc2cc([N+](=O)[O-])ccc21. The molecule has 5 rings (SSSR count). The van der Waals surface area contributed by atoms with Crippen molar-refractivity contribution in [3.8, 4) is 5.75 Å². The van der Waals surface area contributed by atoms with Crippen molar-refractivity contribution in [2.75, 3.05) is 23.7 Å². The van der Waals surface area contributed by atoms with Crippen LogP contribution in [0.1, 0.15) is 16.7 Å². The summed E-state index contributed by atoms with van der Waals surface area (Å²) in [5.74, 6) is 0.674. The predicted molar refractivity (Wildman–Crippen MR) is 124 cm³/mol. The monoisotopic (exact) mass is 466 g/mol. The number of rotatable bonds is 4. The third kappa shape index (κ3) is 3.57. The largest absolute Gasteiger partial charge is 0.497 e. The third-order valence-corrected chi connectivity index (χ3v) is 7.75. The maximum Gasteiger partial charge on any atom is 0.269 e. The minimum Gasteiger partial charge on any atom is -0.497 e. The average molecular weight is 467 g/mol. The Morgan fingerprint density at radius 2 is 1.64 bits per heavy atom. The summed E-state index contributed by atoms with van der Waals surface area (Å²) in [5, 5.41) is 13.1. The summed E-state index contributed by atoms with van der Waals surface area (Å²) in [5.41, 5.74) is 4.00. The van der Waals surface area contributed by atoms with Gasteiger partial charge in [-0.2, -0.15) is 0 Å². The van der Waals surface area contributed by atoms with Gasteiger partial charge in [-0.15, -0.1) is 0 Å². The highest BCUT2D eigenvalue weighted by Crippen LogP contribution is 2.41. The van der Waals surface area contributed by atoms with Crippen LogP contribution in [-0.2, 0) is 23.1 Å². The average Bonchev–Trinajstić information content (AvgIpc) is 3.06. The number of aryl methyl sites for hydroxylation is 1. The van der Waals surface area contributed by atoms with Crippen LogP contribution in [0.25, 0.3) is 0 Å². The number of anilines is 2. The summed E-state index contributed by atoms with van der Waals surface area (Å²) in [6.45, 7) is 2.56. The normalized spacial score (nSPS) is 15.5. The topological polar surface area (TPSA) is 96.2 Å². The van der Waals surface area contributed by atoms with Crippen molar-refractivity contribution < 1.29 is 18.1 Å². The van der Waals surface area contributed by atoms with Gasteiger partial charge in [-0.1, -0.05) is 22.1 Å². The van der Waals surface area contributed by atoms with E-state index < -0.39 is 14.9 Å². The molecular weight excluding hydrogens is 444 g/mol. The number of sulfonamides is 1. The van der Waals surface area contributed by atoms with E-state index in [2.05, 4.69) is 0 Å². The molecule has 0 saturated carbocycles. The number of nitrogens with zero attached hydrogens (tertiary/aromatic N) is 4. The molecule has 0 radical (unpaired) electrons. The maximum absolute atomic E-state index is 13.8. The standard InChI is InChI=1S/C23H22N4O5S/c1-16-3-7-21(8-4-16)33(30,31)26-15-24-13-18-12-20(32-2)6-10-23(18)25(26)14-17-11-19(27(28)29)5-9-22(17)24/h3-12H,13-15H2,1-2H3. The molecule has 0 saturated heterocycles. The van der Waals surface area contributed by atoms with Crippen molar-refractivity contribution in [2.24, 2.45) is 0 Å². The number of nitro groups is 1.